The van der Waals surface area contributed by atoms with Crippen molar-refractivity contribution in [1.82, 2.24) is 14.8 Å². The first kappa shape index (κ1) is 20.4. The second kappa shape index (κ2) is 9.28. The molecule has 1 aromatic heterocycles. The lowest BCUT2D eigenvalue weighted by molar-refractivity contribution is 0.102. The average Bonchev–Trinajstić information content (AvgIpc) is 3.15. The molecule has 0 saturated carbocycles. The normalized spacial score (nSPS) is 10.9. The van der Waals surface area contributed by atoms with E-state index in [1.807, 2.05) is 34.9 Å². The summed E-state index contributed by atoms with van der Waals surface area (Å²) in [4.78, 5) is 12.6. The Morgan fingerprint density at radius 3 is 2.47 bits per heavy atom. The van der Waals surface area contributed by atoms with Crippen molar-refractivity contribution in [1.29, 1.82) is 0 Å². The van der Waals surface area contributed by atoms with Crippen LogP contribution in [-0.2, 0) is 6.42 Å². The quantitative estimate of drug-likeness (QED) is 0.273. The van der Waals surface area contributed by atoms with Crippen LogP contribution in [0.2, 0.25) is 5.02 Å². The third kappa shape index (κ3) is 4.81. The van der Waals surface area contributed by atoms with Gasteiger partial charge in [0.2, 0.25) is 0 Å². The Balaban J connectivity index is 1.62. The van der Waals surface area contributed by atoms with E-state index in [0.29, 0.717) is 22.2 Å². The fourth-order valence-corrected chi connectivity index (χ4v) is 4.15. The number of Topliss-reactive ketones (excluding diaryl/α,β-unsaturated/α-hetero) is 1. The summed E-state index contributed by atoms with van der Waals surface area (Å²) in [6.45, 7) is 2.06. The summed E-state index contributed by atoms with van der Waals surface area (Å²) in [7, 11) is 0. The van der Waals surface area contributed by atoms with Crippen LogP contribution in [0.15, 0.2) is 84.0 Å². The number of aromatic nitrogens is 3. The molecule has 4 rings (SSSR count). The summed E-state index contributed by atoms with van der Waals surface area (Å²) in [5, 5.41) is 10.2. The van der Waals surface area contributed by atoms with Crippen LogP contribution in [0, 0.1) is 6.92 Å². The van der Waals surface area contributed by atoms with Gasteiger partial charge in [0, 0.05) is 22.7 Å². The predicted octanol–water partition coefficient (Wildman–Crippen LogP) is 5.79. The van der Waals surface area contributed by atoms with Crippen LogP contribution in [0.25, 0.3) is 5.69 Å². The molecule has 0 bridgehead atoms. The number of hydrogen-bond donors (Lipinski definition) is 0. The SMILES string of the molecule is Cc1cccc(-n2c(Cc3ccccc3)nnc2SCC(=O)c2ccc(Cl)cc2)c1. The molecule has 0 atom stereocenters. The number of hydrogen-bond acceptors (Lipinski definition) is 4. The monoisotopic (exact) mass is 433 g/mol. The minimum Gasteiger partial charge on any atom is -0.293 e. The number of halogens is 1. The molecule has 0 amide bonds. The van der Waals surface area contributed by atoms with Gasteiger partial charge in [0.05, 0.1) is 5.75 Å². The predicted molar refractivity (Wildman–Crippen MR) is 122 cm³/mol. The lowest BCUT2D eigenvalue weighted by atomic mass is 10.1. The first-order chi connectivity index (χ1) is 14.6. The molecule has 1 heterocycles. The number of carbonyl (C=O) groups excluding carboxylic acids is 1. The molecule has 0 saturated heterocycles. The van der Waals surface area contributed by atoms with Gasteiger partial charge in [0.15, 0.2) is 10.9 Å². The molecule has 0 N–H and O–H groups in total. The number of nitrogens with zero attached hydrogens (tertiary/aromatic N) is 3. The minimum atomic E-state index is 0.0278. The summed E-state index contributed by atoms with van der Waals surface area (Å²) in [5.74, 6) is 1.14. The Bertz CT molecular complexity index is 1160. The van der Waals surface area contributed by atoms with Gasteiger partial charge in [-0.2, -0.15) is 0 Å². The lowest BCUT2D eigenvalue weighted by Gasteiger charge is -2.11. The fraction of sp³-hybridized carbons (Fsp3) is 0.125. The standard InChI is InChI=1S/C24H20ClN3OS/c1-17-6-5-9-21(14-17)28-23(15-18-7-3-2-4-8-18)26-27-24(28)30-16-22(29)19-10-12-20(25)13-11-19/h2-14H,15-16H2,1H3. The van der Waals surface area contributed by atoms with Gasteiger partial charge in [-0.15, -0.1) is 10.2 Å². The molecule has 0 fully saturated rings. The molecule has 0 aliphatic rings. The van der Waals surface area contributed by atoms with Gasteiger partial charge >= 0.3 is 0 Å². The van der Waals surface area contributed by atoms with Crippen molar-refractivity contribution >= 4 is 29.1 Å². The first-order valence-corrected chi connectivity index (χ1v) is 10.9. The van der Waals surface area contributed by atoms with Crippen LogP contribution in [0.5, 0.6) is 0 Å². The summed E-state index contributed by atoms with van der Waals surface area (Å²) < 4.78 is 2.04. The van der Waals surface area contributed by atoms with E-state index < -0.39 is 0 Å². The Labute approximate surface area is 184 Å². The lowest BCUT2D eigenvalue weighted by Crippen LogP contribution is -2.06. The molecule has 6 heteroatoms. The number of carbonyl (C=O) groups is 1. The highest BCUT2D eigenvalue weighted by Gasteiger charge is 2.17. The van der Waals surface area contributed by atoms with Crippen molar-refractivity contribution in [2.24, 2.45) is 0 Å². The maximum absolute atomic E-state index is 12.6. The van der Waals surface area contributed by atoms with Crippen molar-refractivity contribution < 1.29 is 4.79 Å². The van der Waals surface area contributed by atoms with Crippen molar-refractivity contribution in [3.8, 4) is 5.69 Å². The molecular formula is C24H20ClN3OS. The van der Waals surface area contributed by atoms with Crippen LogP contribution in [0.1, 0.15) is 27.3 Å². The van der Waals surface area contributed by atoms with Gasteiger partial charge in [-0.25, -0.2) is 0 Å². The van der Waals surface area contributed by atoms with Gasteiger partial charge in [-0.1, -0.05) is 65.8 Å². The van der Waals surface area contributed by atoms with Gasteiger partial charge in [-0.05, 0) is 54.4 Å². The molecule has 0 spiro atoms. The molecule has 150 valence electrons. The Morgan fingerprint density at radius 2 is 1.73 bits per heavy atom. The van der Waals surface area contributed by atoms with E-state index in [4.69, 9.17) is 11.6 Å². The molecule has 0 radical (unpaired) electrons. The van der Waals surface area contributed by atoms with Crippen LogP contribution < -0.4 is 0 Å². The van der Waals surface area contributed by atoms with E-state index in [1.165, 1.54) is 11.8 Å². The highest BCUT2D eigenvalue weighted by Crippen LogP contribution is 2.25. The Kier molecular flexibility index (Phi) is 6.31. The average molecular weight is 434 g/mol. The van der Waals surface area contributed by atoms with Crippen LogP contribution in [0.4, 0.5) is 0 Å². The van der Waals surface area contributed by atoms with Crippen molar-refractivity contribution in [2.75, 3.05) is 5.75 Å². The molecule has 0 aliphatic heterocycles. The van der Waals surface area contributed by atoms with E-state index >= 15 is 0 Å². The number of aryl methyl sites for hydroxylation is 1. The number of ketones is 1. The molecule has 3 aromatic carbocycles. The van der Waals surface area contributed by atoms with Crippen LogP contribution in [0.3, 0.4) is 0 Å². The van der Waals surface area contributed by atoms with Gasteiger partial charge in [0.25, 0.3) is 0 Å². The summed E-state index contributed by atoms with van der Waals surface area (Å²) >= 11 is 7.31. The van der Waals surface area contributed by atoms with Crippen molar-refractivity contribution in [2.45, 2.75) is 18.5 Å². The summed E-state index contributed by atoms with van der Waals surface area (Å²) in [5.41, 5.74) is 3.94. The maximum Gasteiger partial charge on any atom is 0.196 e. The second-order valence-electron chi connectivity index (χ2n) is 6.95. The van der Waals surface area contributed by atoms with E-state index in [9.17, 15) is 4.79 Å². The number of thioether (sulfide) groups is 1. The van der Waals surface area contributed by atoms with E-state index in [0.717, 1.165) is 22.6 Å². The Morgan fingerprint density at radius 1 is 0.967 bits per heavy atom. The maximum atomic E-state index is 12.6. The second-order valence-corrected chi connectivity index (χ2v) is 8.33. The van der Waals surface area contributed by atoms with Crippen molar-refractivity contribution in [3.63, 3.8) is 0 Å². The van der Waals surface area contributed by atoms with Crippen LogP contribution in [-0.4, -0.2) is 26.3 Å². The van der Waals surface area contributed by atoms with Gasteiger partial charge < -0.3 is 0 Å². The zero-order chi connectivity index (χ0) is 20.9. The minimum absolute atomic E-state index is 0.0278. The molecule has 4 nitrogen and oxygen atoms in total. The molecular weight excluding hydrogens is 414 g/mol. The fourth-order valence-electron chi connectivity index (χ4n) is 3.16. The van der Waals surface area contributed by atoms with E-state index in [-0.39, 0.29) is 11.5 Å². The highest BCUT2D eigenvalue weighted by molar-refractivity contribution is 7.99. The zero-order valence-electron chi connectivity index (χ0n) is 16.5. The molecule has 0 aliphatic carbocycles. The largest absolute Gasteiger partial charge is 0.293 e. The molecule has 0 unspecified atom stereocenters. The van der Waals surface area contributed by atoms with E-state index in [1.54, 1.807) is 24.3 Å². The Hall–Kier alpha value is -2.89. The highest BCUT2D eigenvalue weighted by atomic mass is 35.5. The molecule has 30 heavy (non-hydrogen) atoms. The summed E-state index contributed by atoms with van der Waals surface area (Å²) in [6, 6.07) is 25.3. The third-order valence-corrected chi connectivity index (χ3v) is 5.84. The first-order valence-electron chi connectivity index (χ1n) is 9.57. The number of benzene rings is 3. The van der Waals surface area contributed by atoms with Gasteiger partial charge in [0.1, 0.15) is 5.82 Å². The van der Waals surface area contributed by atoms with Gasteiger partial charge in [-0.3, -0.25) is 9.36 Å². The van der Waals surface area contributed by atoms with E-state index in [2.05, 4.69) is 41.4 Å². The smallest absolute Gasteiger partial charge is 0.196 e. The molecule has 4 aromatic rings. The topological polar surface area (TPSA) is 47.8 Å². The summed E-state index contributed by atoms with van der Waals surface area (Å²) in [6.07, 6.45) is 0.660. The number of rotatable bonds is 7. The van der Waals surface area contributed by atoms with Crippen LogP contribution >= 0.6 is 23.4 Å². The third-order valence-electron chi connectivity index (χ3n) is 4.66. The zero-order valence-corrected chi connectivity index (χ0v) is 18.0. The van der Waals surface area contributed by atoms with Crippen molar-refractivity contribution in [3.05, 3.63) is 106 Å².